The van der Waals surface area contributed by atoms with Gasteiger partial charge in [0.05, 0.1) is 6.10 Å². The van der Waals surface area contributed by atoms with Crippen molar-refractivity contribution in [1.29, 1.82) is 0 Å². The number of allylic oxidation sites excluding steroid dienone is 1. The molecule has 1 saturated heterocycles. The Hall–Kier alpha value is -1.62. The van der Waals surface area contributed by atoms with Crippen LogP contribution in [-0.4, -0.2) is 35.4 Å². The van der Waals surface area contributed by atoms with Gasteiger partial charge in [-0.25, -0.2) is 9.59 Å². The molecule has 5 heteroatoms. The van der Waals surface area contributed by atoms with Crippen molar-refractivity contribution < 1.29 is 24.2 Å². The van der Waals surface area contributed by atoms with Crippen LogP contribution in [0.25, 0.3) is 0 Å². The molecular formula is C20H30O5. The maximum Gasteiger partial charge on any atom is 0.334 e. The topological polar surface area (TPSA) is 72.8 Å². The Morgan fingerprint density at radius 1 is 1.44 bits per heavy atom. The van der Waals surface area contributed by atoms with Gasteiger partial charge in [-0.05, 0) is 38.5 Å². The van der Waals surface area contributed by atoms with E-state index in [1.807, 2.05) is 6.92 Å². The van der Waals surface area contributed by atoms with Crippen LogP contribution in [0, 0.1) is 17.8 Å². The Labute approximate surface area is 150 Å². The van der Waals surface area contributed by atoms with E-state index < -0.39 is 12.2 Å². The first-order valence-electron chi connectivity index (χ1n) is 9.16. The number of ether oxygens (including phenoxy) is 2. The van der Waals surface area contributed by atoms with E-state index in [1.54, 1.807) is 26.0 Å². The SMILES string of the molecule is CC=C(C)C(=O)O[C@H]1C[C@@H](C)[C@@H](O)CC=C2C[C@H](OC2=O)[C@H]1C(C)C. The Bertz CT molecular complexity index is 575. The van der Waals surface area contributed by atoms with Gasteiger partial charge in [-0.3, -0.25) is 0 Å². The van der Waals surface area contributed by atoms with Gasteiger partial charge in [0.15, 0.2) is 0 Å². The highest BCUT2D eigenvalue weighted by Crippen LogP contribution is 2.37. The summed E-state index contributed by atoms with van der Waals surface area (Å²) in [6.07, 6.45) is 3.74. The third kappa shape index (κ3) is 4.51. The fourth-order valence-corrected chi connectivity index (χ4v) is 3.69. The van der Waals surface area contributed by atoms with Crippen LogP contribution in [0.1, 0.15) is 53.9 Å². The van der Waals surface area contributed by atoms with E-state index in [0.29, 0.717) is 30.4 Å². The van der Waals surface area contributed by atoms with Crippen LogP contribution < -0.4 is 0 Å². The number of esters is 2. The second-order valence-corrected chi connectivity index (χ2v) is 7.63. The molecule has 140 valence electrons. The standard InChI is InChI=1S/C20H30O5/c1-6-12(4)19(22)24-16-9-13(5)15(21)8-7-14-10-17(25-20(14)23)18(16)11(2)3/h6-7,11,13,15-18,21H,8-10H2,1-5H3/t13-,15+,16+,17+,18+/m1/s1. The van der Waals surface area contributed by atoms with E-state index in [0.717, 1.165) is 0 Å². The summed E-state index contributed by atoms with van der Waals surface area (Å²) >= 11 is 0. The van der Waals surface area contributed by atoms with E-state index in [4.69, 9.17) is 9.47 Å². The molecule has 0 amide bonds. The van der Waals surface area contributed by atoms with E-state index in [9.17, 15) is 14.7 Å². The first kappa shape index (κ1) is 19.7. The Balaban J connectivity index is 2.36. The van der Waals surface area contributed by atoms with Crippen LogP contribution in [0.4, 0.5) is 0 Å². The van der Waals surface area contributed by atoms with Crippen LogP contribution in [0.3, 0.4) is 0 Å². The highest BCUT2D eigenvalue weighted by molar-refractivity contribution is 5.90. The van der Waals surface area contributed by atoms with Gasteiger partial charge < -0.3 is 14.6 Å². The van der Waals surface area contributed by atoms with Gasteiger partial charge in [0, 0.05) is 23.5 Å². The van der Waals surface area contributed by atoms with Crippen molar-refractivity contribution in [1.82, 2.24) is 0 Å². The lowest BCUT2D eigenvalue weighted by molar-refractivity contribution is -0.157. The number of aliphatic hydroxyl groups excluding tert-OH is 1. The fraction of sp³-hybridized carbons (Fsp3) is 0.700. The molecule has 1 aliphatic heterocycles. The molecule has 0 radical (unpaired) electrons. The molecule has 5 nitrogen and oxygen atoms in total. The number of aliphatic hydroxyl groups is 1. The minimum absolute atomic E-state index is 0.0468. The zero-order valence-corrected chi connectivity index (χ0v) is 15.8. The summed E-state index contributed by atoms with van der Waals surface area (Å²) < 4.78 is 11.4. The number of hydrogen-bond acceptors (Lipinski definition) is 5. The normalized spacial score (nSPS) is 33.7. The molecule has 2 aliphatic rings. The molecule has 1 fully saturated rings. The lowest BCUT2D eigenvalue weighted by Crippen LogP contribution is -2.41. The number of rotatable bonds is 3. The van der Waals surface area contributed by atoms with Crippen molar-refractivity contribution in [2.45, 2.75) is 72.2 Å². The van der Waals surface area contributed by atoms with Gasteiger partial charge in [0.1, 0.15) is 12.2 Å². The maximum absolute atomic E-state index is 12.3. The van der Waals surface area contributed by atoms with Crippen molar-refractivity contribution in [2.75, 3.05) is 0 Å². The molecule has 2 rings (SSSR count). The highest BCUT2D eigenvalue weighted by Gasteiger charge is 2.43. The second-order valence-electron chi connectivity index (χ2n) is 7.63. The van der Waals surface area contributed by atoms with Crippen LogP contribution in [0.15, 0.2) is 23.3 Å². The highest BCUT2D eigenvalue weighted by atomic mass is 16.6. The van der Waals surface area contributed by atoms with Crippen molar-refractivity contribution >= 4 is 11.9 Å². The summed E-state index contributed by atoms with van der Waals surface area (Å²) in [6.45, 7) is 9.58. The number of fused-ring (bicyclic) bond motifs is 2. The summed E-state index contributed by atoms with van der Waals surface area (Å²) in [4.78, 5) is 24.5. The molecule has 0 saturated carbocycles. The molecular weight excluding hydrogens is 320 g/mol. The average molecular weight is 350 g/mol. The molecule has 2 bridgehead atoms. The van der Waals surface area contributed by atoms with E-state index >= 15 is 0 Å². The van der Waals surface area contributed by atoms with Gasteiger partial charge in [-0.1, -0.05) is 32.9 Å². The van der Waals surface area contributed by atoms with Gasteiger partial charge in [-0.15, -0.1) is 0 Å². The summed E-state index contributed by atoms with van der Waals surface area (Å²) in [6, 6.07) is 0. The van der Waals surface area contributed by atoms with Crippen molar-refractivity contribution in [3.8, 4) is 0 Å². The summed E-state index contributed by atoms with van der Waals surface area (Å²) in [5.41, 5.74) is 1.18. The molecule has 0 aromatic carbocycles. The second kappa shape index (κ2) is 8.17. The van der Waals surface area contributed by atoms with E-state index in [2.05, 4.69) is 13.8 Å². The van der Waals surface area contributed by atoms with Gasteiger partial charge in [0.25, 0.3) is 0 Å². The third-order valence-corrected chi connectivity index (χ3v) is 5.45. The Morgan fingerprint density at radius 3 is 2.72 bits per heavy atom. The van der Waals surface area contributed by atoms with Crippen molar-refractivity contribution in [3.05, 3.63) is 23.3 Å². The molecule has 5 atom stereocenters. The predicted octanol–water partition coefficient (Wildman–Crippen LogP) is 3.17. The maximum atomic E-state index is 12.3. The van der Waals surface area contributed by atoms with Crippen LogP contribution in [-0.2, 0) is 19.1 Å². The van der Waals surface area contributed by atoms with Crippen LogP contribution in [0.2, 0.25) is 0 Å². The largest absolute Gasteiger partial charge is 0.459 e. The third-order valence-electron chi connectivity index (χ3n) is 5.45. The lowest BCUT2D eigenvalue weighted by atomic mass is 9.78. The van der Waals surface area contributed by atoms with Crippen LogP contribution >= 0.6 is 0 Å². The quantitative estimate of drug-likeness (QED) is 0.625. The molecule has 1 heterocycles. The monoisotopic (exact) mass is 350 g/mol. The van der Waals surface area contributed by atoms with Gasteiger partial charge in [0.2, 0.25) is 0 Å². The minimum Gasteiger partial charge on any atom is -0.459 e. The number of hydrogen-bond donors (Lipinski definition) is 1. The lowest BCUT2D eigenvalue weighted by Gasteiger charge is -2.35. The molecule has 25 heavy (non-hydrogen) atoms. The first-order valence-corrected chi connectivity index (χ1v) is 9.16. The Morgan fingerprint density at radius 2 is 2.12 bits per heavy atom. The predicted molar refractivity (Wildman–Crippen MR) is 94.6 cm³/mol. The molecule has 1 N–H and O–H groups in total. The Kier molecular flexibility index (Phi) is 6.44. The van der Waals surface area contributed by atoms with Crippen molar-refractivity contribution in [3.63, 3.8) is 0 Å². The van der Waals surface area contributed by atoms with Crippen molar-refractivity contribution in [2.24, 2.45) is 17.8 Å². The first-order chi connectivity index (χ1) is 11.7. The number of carbonyl (C=O) groups is 2. The van der Waals surface area contributed by atoms with Gasteiger partial charge in [-0.2, -0.15) is 0 Å². The molecule has 1 aliphatic carbocycles. The van der Waals surface area contributed by atoms with Gasteiger partial charge >= 0.3 is 11.9 Å². The fourth-order valence-electron chi connectivity index (χ4n) is 3.69. The smallest absolute Gasteiger partial charge is 0.334 e. The molecule has 0 aromatic rings. The zero-order chi connectivity index (χ0) is 18.7. The minimum atomic E-state index is -0.575. The van der Waals surface area contributed by atoms with E-state index in [1.165, 1.54) is 0 Å². The summed E-state index contributed by atoms with van der Waals surface area (Å²) in [7, 11) is 0. The molecule has 0 spiro atoms. The summed E-state index contributed by atoms with van der Waals surface area (Å²) in [5.74, 6) is -0.639. The zero-order valence-electron chi connectivity index (χ0n) is 15.8. The van der Waals surface area contributed by atoms with Crippen LogP contribution in [0.5, 0.6) is 0 Å². The molecule has 0 aromatic heterocycles. The average Bonchev–Trinajstić information content (AvgIpc) is 2.90. The van der Waals surface area contributed by atoms with E-state index in [-0.39, 0.29) is 35.8 Å². The summed E-state index contributed by atoms with van der Waals surface area (Å²) in [5, 5.41) is 10.4. The molecule has 0 unspecified atom stereocenters. The number of carbonyl (C=O) groups excluding carboxylic acids is 2.